The van der Waals surface area contributed by atoms with Gasteiger partial charge in [0.2, 0.25) is 0 Å². The maximum atomic E-state index is 12.2. The van der Waals surface area contributed by atoms with Crippen LogP contribution < -0.4 is 5.32 Å². The third-order valence-electron chi connectivity index (χ3n) is 5.63. The Hall–Kier alpha value is -2.30. The Morgan fingerprint density at radius 1 is 1.12 bits per heavy atom. The summed E-state index contributed by atoms with van der Waals surface area (Å²) in [5, 5.41) is 3.00. The fourth-order valence-corrected chi connectivity index (χ4v) is 4.25. The first-order chi connectivity index (χ1) is 12.1. The van der Waals surface area contributed by atoms with E-state index in [1.165, 1.54) is 17.1 Å². The Labute approximate surface area is 149 Å². The largest absolute Gasteiger partial charge is 0.336 e. The Morgan fingerprint density at radius 3 is 2.48 bits per heavy atom. The predicted octanol–water partition coefficient (Wildman–Crippen LogP) is 3.41. The summed E-state index contributed by atoms with van der Waals surface area (Å²) < 4.78 is 2.39. The van der Waals surface area contributed by atoms with E-state index >= 15 is 0 Å². The molecule has 25 heavy (non-hydrogen) atoms. The smallest absolute Gasteiger partial charge is 0.317 e. The topological polar surface area (TPSA) is 50.2 Å². The van der Waals surface area contributed by atoms with E-state index in [1.807, 2.05) is 31.0 Å². The van der Waals surface area contributed by atoms with Crippen molar-refractivity contribution in [2.24, 2.45) is 0 Å². The number of nitrogens with zero attached hydrogens (tertiary/aromatic N) is 3. The van der Waals surface area contributed by atoms with E-state index in [1.54, 1.807) is 0 Å². The second-order valence-electron chi connectivity index (χ2n) is 7.61. The van der Waals surface area contributed by atoms with Crippen molar-refractivity contribution >= 4 is 6.03 Å². The van der Waals surface area contributed by atoms with Gasteiger partial charge in [-0.05, 0) is 38.7 Å². The number of carbonyl (C=O) groups excluding carboxylic acids is 1. The van der Waals surface area contributed by atoms with Gasteiger partial charge in [-0.2, -0.15) is 0 Å². The van der Waals surface area contributed by atoms with E-state index in [4.69, 9.17) is 4.98 Å². The summed E-state index contributed by atoms with van der Waals surface area (Å²) in [5.41, 5.74) is 2.58. The minimum absolute atomic E-state index is 0.0659. The van der Waals surface area contributed by atoms with Crippen molar-refractivity contribution < 1.29 is 4.79 Å². The molecule has 5 heteroatoms. The molecule has 0 unspecified atom stereocenters. The van der Waals surface area contributed by atoms with Gasteiger partial charge in [-0.3, -0.25) is 0 Å². The van der Waals surface area contributed by atoms with Crippen molar-refractivity contribution in [1.29, 1.82) is 0 Å². The molecule has 4 rings (SSSR count). The van der Waals surface area contributed by atoms with Crippen LogP contribution in [-0.4, -0.2) is 39.6 Å². The van der Waals surface area contributed by atoms with Gasteiger partial charge in [0.05, 0.1) is 11.9 Å². The Bertz CT molecular complexity index is 757. The van der Waals surface area contributed by atoms with Crippen LogP contribution in [0.25, 0.3) is 11.3 Å². The van der Waals surface area contributed by atoms with Crippen LogP contribution in [-0.2, 0) is 12.0 Å². The second kappa shape index (κ2) is 6.21. The maximum absolute atomic E-state index is 12.2. The molecule has 1 aromatic heterocycles. The van der Waals surface area contributed by atoms with Crippen LogP contribution in [0.1, 0.15) is 38.9 Å². The van der Waals surface area contributed by atoms with E-state index in [0.29, 0.717) is 0 Å². The highest BCUT2D eigenvalue weighted by Crippen LogP contribution is 2.44. The number of benzene rings is 1. The number of carbonyl (C=O) groups is 1. The molecular weight excluding hydrogens is 312 g/mol. The minimum atomic E-state index is 0.0659. The first-order valence-electron chi connectivity index (χ1n) is 9.26. The van der Waals surface area contributed by atoms with Crippen molar-refractivity contribution in [2.75, 3.05) is 13.1 Å². The van der Waals surface area contributed by atoms with Crippen molar-refractivity contribution in [1.82, 2.24) is 19.8 Å². The number of imidazole rings is 1. The molecule has 0 atom stereocenters. The van der Waals surface area contributed by atoms with Crippen LogP contribution in [0.2, 0.25) is 0 Å². The maximum Gasteiger partial charge on any atom is 0.317 e. The molecule has 5 nitrogen and oxygen atoms in total. The number of likely N-dealkylation sites (tertiary alicyclic amines) is 1. The Balaban J connectivity index is 1.52. The number of hydrogen-bond donors (Lipinski definition) is 1. The van der Waals surface area contributed by atoms with Gasteiger partial charge in [0, 0.05) is 31.1 Å². The average Bonchev–Trinajstić information content (AvgIpc) is 3.18. The highest BCUT2D eigenvalue weighted by atomic mass is 16.2. The van der Waals surface area contributed by atoms with Crippen LogP contribution in [0.3, 0.4) is 0 Å². The molecule has 2 aliphatic heterocycles. The van der Waals surface area contributed by atoms with Crippen molar-refractivity contribution in [3.63, 3.8) is 0 Å². The molecule has 0 aliphatic carbocycles. The summed E-state index contributed by atoms with van der Waals surface area (Å²) >= 11 is 0. The third-order valence-corrected chi connectivity index (χ3v) is 5.63. The molecule has 1 N–H and O–H groups in total. The molecule has 3 heterocycles. The van der Waals surface area contributed by atoms with Gasteiger partial charge in [-0.25, -0.2) is 9.78 Å². The van der Waals surface area contributed by atoms with E-state index in [9.17, 15) is 4.79 Å². The molecular formula is C20H26N4O. The molecule has 2 amide bonds. The fraction of sp³-hybridized carbons (Fsp3) is 0.500. The number of piperidine rings is 1. The highest BCUT2D eigenvalue weighted by molar-refractivity contribution is 5.74. The van der Waals surface area contributed by atoms with Gasteiger partial charge < -0.3 is 14.8 Å². The molecule has 1 spiro atoms. The SMILES string of the molecule is CC(C)NC(=O)N1CCC2(CC1)CCn1c(-c3ccccc3)cnc12. The lowest BCUT2D eigenvalue weighted by Gasteiger charge is -2.38. The summed E-state index contributed by atoms with van der Waals surface area (Å²) in [5.74, 6) is 1.22. The number of aromatic nitrogens is 2. The van der Waals surface area contributed by atoms with E-state index in [-0.39, 0.29) is 17.5 Å². The predicted molar refractivity (Wildman–Crippen MR) is 98.4 cm³/mol. The molecule has 1 saturated heterocycles. The van der Waals surface area contributed by atoms with E-state index < -0.39 is 0 Å². The first-order valence-corrected chi connectivity index (χ1v) is 9.26. The third kappa shape index (κ3) is 2.81. The molecule has 1 fully saturated rings. The number of amides is 2. The monoisotopic (exact) mass is 338 g/mol. The molecule has 1 aromatic carbocycles. The summed E-state index contributed by atoms with van der Waals surface area (Å²) in [6, 6.07) is 10.7. The average molecular weight is 338 g/mol. The summed E-state index contributed by atoms with van der Waals surface area (Å²) in [7, 11) is 0. The fourth-order valence-electron chi connectivity index (χ4n) is 4.25. The van der Waals surface area contributed by atoms with Crippen molar-refractivity contribution in [2.45, 2.75) is 51.1 Å². The second-order valence-corrected chi connectivity index (χ2v) is 7.61. The van der Waals surface area contributed by atoms with Crippen LogP contribution in [0, 0.1) is 0 Å². The standard InChI is InChI=1S/C20H26N4O/c1-15(2)22-19(25)23-11-8-20(9-12-23)10-13-24-17(14-21-18(20)24)16-6-4-3-5-7-16/h3-7,14-15H,8-13H2,1-2H3,(H,22,25). The lowest BCUT2D eigenvalue weighted by molar-refractivity contribution is 0.154. The number of fused-ring (bicyclic) bond motifs is 2. The van der Waals surface area contributed by atoms with Crippen LogP contribution in [0.5, 0.6) is 0 Å². The molecule has 132 valence electrons. The molecule has 0 saturated carbocycles. The van der Waals surface area contributed by atoms with Crippen molar-refractivity contribution in [3.05, 3.63) is 42.4 Å². The number of hydrogen-bond acceptors (Lipinski definition) is 2. The van der Waals surface area contributed by atoms with Crippen LogP contribution in [0.4, 0.5) is 4.79 Å². The van der Waals surface area contributed by atoms with Crippen LogP contribution in [0.15, 0.2) is 36.5 Å². The normalized spacial score (nSPS) is 18.6. The summed E-state index contributed by atoms with van der Waals surface area (Å²) in [4.78, 5) is 19.0. The lowest BCUT2D eigenvalue weighted by Crippen LogP contribution is -2.49. The van der Waals surface area contributed by atoms with Gasteiger partial charge in [-0.1, -0.05) is 30.3 Å². The first kappa shape index (κ1) is 16.2. The zero-order chi connectivity index (χ0) is 17.4. The van der Waals surface area contributed by atoms with E-state index in [2.05, 4.69) is 34.1 Å². The molecule has 2 aliphatic rings. The van der Waals surface area contributed by atoms with Gasteiger partial charge in [0.1, 0.15) is 5.82 Å². The Morgan fingerprint density at radius 2 is 1.80 bits per heavy atom. The molecule has 0 radical (unpaired) electrons. The lowest BCUT2D eigenvalue weighted by atomic mass is 9.77. The zero-order valence-corrected chi connectivity index (χ0v) is 15.0. The van der Waals surface area contributed by atoms with E-state index in [0.717, 1.165) is 38.9 Å². The van der Waals surface area contributed by atoms with Gasteiger partial charge >= 0.3 is 6.03 Å². The Kier molecular flexibility index (Phi) is 4.02. The van der Waals surface area contributed by atoms with Crippen molar-refractivity contribution in [3.8, 4) is 11.3 Å². The zero-order valence-electron chi connectivity index (χ0n) is 15.0. The van der Waals surface area contributed by atoms with Gasteiger partial charge in [0.25, 0.3) is 0 Å². The highest BCUT2D eigenvalue weighted by Gasteiger charge is 2.44. The number of urea groups is 1. The minimum Gasteiger partial charge on any atom is -0.336 e. The summed E-state index contributed by atoms with van der Waals surface area (Å²) in [6.45, 7) is 6.65. The molecule has 2 aromatic rings. The number of nitrogens with one attached hydrogen (secondary N) is 1. The van der Waals surface area contributed by atoms with Gasteiger partial charge in [0.15, 0.2) is 0 Å². The van der Waals surface area contributed by atoms with Crippen LogP contribution >= 0.6 is 0 Å². The van der Waals surface area contributed by atoms with Gasteiger partial charge in [-0.15, -0.1) is 0 Å². The molecule has 0 bridgehead atoms. The summed E-state index contributed by atoms with van der Waals surface area (Å²) in [6.07, 6.45) is 5.16. The number of rotatable bonds is 2. The quantitative estimate of drug-likeness (QED) is 0.912.